The number of hydrogen-bond donors (Lipinski definition) is 2. The summed E-state index contributed by atoms with van der Waals surface area (Å²) in [6.45, 7) is -1.05. The summed E-state index contributed by atoms with van der Waals surface area (Å²) in [5.74, 6) is -4.03. The van der Waals surface area contributed by atoms with Crippen LogP contribution in [0.5, 0.6) is 0 Å². The average Bonchev–Trinajstić information content (AvgIpc) is 3.01. The third kappa shape index (κ3) is 6.20. The minimum absolute atomic E-state index is 0.0428. The molecule has 2 N–H and O–H groups in total. The van der Waals surface area contributed by atoms with Crippen LogP contribution in [0, 0.1) is 11.6 Å². The quantitative estimate of drug-likeness (QED) is 0.133. The van der Waals surface area contributed by atoms with Gasteiger partial charge >= 0.3 is 6.55 Å². The zero-order chi connectivity index (χ0) is 32.4. The Balaban J connectivity index is 1.52. The maximum atomic E-state index is 14.2. The van der Waals surface area contributed by atoms with E-state index in [4.69, 9.17) is 0 Å². The van der Waals surface area contributed by atoms with Gasteiger partial charge in [0.2, 0.25) is 0 Å². The average molecular weight is 621 g/mol. The number of carbonyl (C=O) groups excluding carboxylic acids is 2. The number of rotatable bonds is 9. The van der Waals surface area contributed by atoms with Crippen LogP contribution in [-0.4, -0.2) is 59.6 Å². The predicted molar refractivity (Wildman–Crippen MR) is 164 cm³/mol. The maximum Gasteiger partial charge on any atom is 0.321 e. The molecule has 0 saturated carbocycles. The van der Waals surface area contributed by atoms with Gasteiger partial charge in [-0.05, 0) is 81.0 Å². The van der Waals surface area contributed by atoms with Gasteiger partial charge in [0, 0.05) is 35.9 Å². The van der Waals surface area contributed by atoms with Gasteiger partial charge in [-0.15, -0.1) is 0 Å². The third-order valence-corrected chi connectivity index (χ3v) is 7.42. The van der Waals surface area contributed by atoms with Crippen molar-refractivity contribution in [1.29, 1.82) is 0 Å². The monoisotopic (exact) mass is 620 g/mol. The van der Waals surface area contributed by atoms with E-state index in [1.165, 1.54) is 30.5 Å². The minimum atomic E-state index is -3.35. The van der Waals surface area contributed by atoms with Crippen LogP contribution in [0.2, 0.25) is 0 Å². The highest BCUT2D eigenvalue weighted by Gasteiger charge is 2.28. The second-order valence-corrected chi connectivity index (χ2v) is 10.5. The molecule has 0 aliphatic rings. The van der Waals surface area contributed by atoms with Gasteiger partial charge in [0.05, 0.1) is 22.2 Å². The van der Waals surface area contributed by atoms with Crippen molar-refractivity contribution in [2.75, 3.05) is 31.0 Å². The van der Waals surface area contributed by atoms with Gasteiger partial charge in [0.1, 0.15) is 11.6 Å². The number of carbonyl (C=O) groups is 2. The zero-order valence-electron chi connectivity index (χ0n) is 24.4. The van der Waals surface area contributed by atoms with Crippen LogP contribution in [-0.2, 0) is 0 Å². The third-order valence-electron chi connectivity index (χ3n) is 7.42. The van der Waals surface area contributed by atoms with E-state index in [-0.39, 0.29) is 38.9 Å². The van der Waals surface area contributed by atoms with E-state index < -0.39 is 41.1 Å². The summed E-state index contributed by atoms with van der Waals surface area (Å²) < 4.78 is 56.7. The molecule has 2 aromatic heterocycles. The molecule has 45 heavy (non-hydrogen) atoms. The summed E-state index contributed by atoms with van der Waals surface area (Å²) in [6, 6.07) is 15.5. The van der Waals surface area contributed by atoms with E-state index >= 15 is 0 Å². The number of anilines is 2. The Morgan fingerprint density at radius 1 is 0.933 bits per heavy atom. The highest BCUT2D eigenvalue weighted by Crippen LogP contribution is 2.27. The molecular formula is C32H28F4N6O3. The van der Waals surface area contributed by atoms with Crippen LogP contribution in [0.25, 0.3) is 21.8 Å². The fourth-order valence-corrected chi connectivity index (χ4v) is 4.75. The van der Waals surface area contributed by atoms with Gasteiger partial charge in [-0.1, -0.05) is 12.1 Å². The Bertz CT molecular complexity index is 1960. The number of alkyl halides is 2. The van der Waals surface area contributed by atoms with E-state index in [0.717, 1.165) is 16.8 Å². The van der Waals surface area contributed by atoms with E-state index in [1.54, 1.807) is 30.3 Å². The Hall–Kier alpha value is -5.30. The Morgan fingerprint density at radius 2 is 1.64 bits per heavy atom. The van der Waals surface area contributed by atoms with Crippen LogP contribution in [0.15, 0.2) is 83.8 Å². The first-order chi connectivity index (χ1) is 21.5. The lowest BCUT2D eigenvalue weighted by Crippen LogP contribution is -2.38. The van der Waals surface area contributed by atoms with Gasteiger partial charge in [0.25, 0.3) is 17.4 Å². The molecule has 13 heteroatoms. The topological polar surface area (TPSA) is 99.6 Å². The number of aromatic nitrogens is 2. The molecule has 0 aliphatic heterocycles. The van der Waals surface area contributed by atoms with Crippen molar-refractivity contribution in [3.8, 4) is 0 Å². The van der Waals surface area contributed by atoms with Gasteiger partial charge in [-0.25, -0.2) is 18.4 Å². The summed E-state index contributed by atoms with van der Waals surface area (Å²) in [5, 5.41) is 4.11. The van der Waals surface area contributed by atoms with Crippen molar-refractivity contribution in [3.05, 3.63) is 112 Å². The van der Waals surface area contributed by atoms with Crippen molar-refractivity contribution in [1.82, 2.24) is 19.9 Å². The minimum Gasteiger partial charge on any atom is -0.350 e. The van der Waals surface area contributed by atoms with Crippen molar-refractivity contribution in [2.45, 2.75) is 19.5 Å². The van der Waals surface area contributed by atoms with E-state index in [9.17, 15) is 31.9 Å². The summed E-state index contributed by atoms with van der Waals surface area (Å²) in [6.07, 6.45) is 1.49. The lowest BCUT2D eigenvalue weighted by Gasteiger charge is -2.22. The normalized spacial score (nSPS) is 12.1. The van der Waals surface area contributed by atoms with E-state index in [2.05, 4.69) is 15.7 Å². The molecule has 0 spiro atoms. The van der Waals surface area contributed by atoms with Gasteiger partial charge in [-0.3, -0.25) is 24.7 Å². The lowest BCUT2D eigenvalue weighted by atomic mass is 10.0. The Morgan fingerprint density at radius 3 is 2.31 bits per heavy atom. The molecule has 0 saturated heterocycles. The van der Waals surface area contributed by atoms with Gasteiger partial charge in [0.15, 0.2) is 5.65 Å². The maximum absolute atomic E-state index is 14.2. The standard InChI is InChI=1S/C32H28F4N6O3/c1-18(40(2)3)17-38-29(43)25-7-4-6-22-23-8-5-15-37-28(23)42(31(45)27(22)25)39-20-10-12-21(13-11-20)41(32(35)36)30(44)24-14-9-19(33)16-26(24)34/h4-16,18,32,39H,17H2,1-3H3,(H,38,43). The summed E-state index contributed by atoms with van der Waals surface area (Å²) in [5.41, 5.74) is 2.00. The molecular weight excluding hydrogens is 592 g/mol. The molecule has 0 aliphatic carbocycles. The number of hydrogen-bond acceptors (Lipinski definition) is 6. The second kappa shape index (κ2) is 12.7. The molecule has 2 heterocycles. The number of pyridine rings is 2. The van der Waals surface area contributed by atoms with E-state index in [1.807, 2.05) is 25.9 Å². The molecule has 0 fully saturated rings. The first-order valence-corrected chi connectivity index (χ1v) is 13.8. The van der Waals surface area contributed by atoms with Crippen LogP contribution < -0.4 is 21.2 Å². The number of nitrogens with zero attached hydrogens (tertiary/aromatic N) is 4. The van der Waals surface area contributed by atoms with Gasteiger partial charge in [-0.2, -0.15) is 8.78 Å². The number of fused-ring (bicyclic) bond motifs is 3. The molecule has 1 unspecified atom stereocenters. The molecule has 0 bridgehead atoms. The lowest BCUT2D eigenvalue weighted by molar-refractivity contribution is 0.0834. The highest BCUT2D eigenvalue weighted by molar-refractivity contribution is 6.13. The predicted octanol–water partition coefficient (Wildman–Crippen LogP) is 5.25. The Labute approximate surface area is 254 Å². The molecule has 2 amide bonds. The smallest absolute Gasteiger partial charge is 0.321 e. The number of halogens is 4. The van der Waals surface area contributed by atoms with Crippen molar-refractivity contribution in [3.63, 3.8) is 0 Å². The molecule has 3 aromatic carbocycles. The number of likely N-dealkylation sites (N-methyl/N-ethyl adjacent to an activating group) is 1. The summed E-state index contributed by atoms with van der Waals surface area (Å²) in [7, 11) is 3.78. The molecule has 5 rings (SSSR count). The fraction of sp³-hybridized carbons (Fsp3) is 0.188. The van der Waals surface area contributed by atoms with Gasteiger partial charge < -0.3 is 10.2 Å². The SMILES string of the molecule is CC(CNC(=O)c1cccc2c1c(=O)n(Nc1ccc(N(C(=O)c3ccc(F)cc3F)C(F)F)cc1)c1ncccc21)N(C)C. The van der Waals surface area contributed by atoms with Crippen molar-refractivity contribution in [2.24, 2.45) is 0 Å². The zero-order valence-corrected chi connectivity index (χ0v) is 24.4. The van der Waals surface area contributed by atoms with Crippen LogP contribution in [0.3, 0.4) is 0 Å². The number of benzene rings is 3. The summed E-state index contributed by atoms with van der Waals surface area (Å²) >= 11 is 0. The summed E-state index contributed by atoms with van der Waals surface area (Å²) in [4.78, 5) is 46.4. The van der Waals surface area contributed by atoms with Crippen LogP contribution in [0.1, 0.15) is 27.6 Å². The van der Waals surface area contributed by atoms with Crippen molar-refractivity contribution >= 4 is 45.0 Å². The second-order valence-electron chi connectivity index (χ2n) is 10.5. The highest BCUT2D eigenvalue weighted by atomic mass is 19.3. The fourth-order valence-electron chi connectivity index (χ4n) is 4.75. The molecule has 0 radical (unpaired) electrons. The van der Waals surface area contributed by atoms with Crippen LogP contribution in [0.4, 0.5) is 28.9 Å². The number of amides is 2. The van der Waals surface area contributed by atoms with Crippen LogP contribution >= 0.6 is 0 Å². The van der Waals surface area contributed by atoms with E-state index in [0.29, 0.717) is 23.4 Å². The Kier molecular flexibility index (Phi) is 8.82. The molecule has 9 nitrogen and oxygen atoms in total. The number of nitrogens with one attached hydrogen (secondary N) is 2. The van der Waals surface area contributed by atoms with Crippen molar-refractivity contribution < 1.29 is 27.2 Å². The molecule has 232 valence electrons. The largest absolute Gasteiger partial charge is 0.350 e. The first-order valence-electron chi connectivity index (χ1n) is 13.8. The molecule has 5 aromatic rings. The first kappa shape index (κ1) is 31.1. The molecule has 1 atom stereocenters.